The molecule has 0 saturated heterocycles. The van der Waals surface area contributed by atoms with Gasteiger partial charge in [0.05, 0.1) is 12.0 Å². The molecule has 24 heavy (non-hydrogen) atoms. The summed E-state index contributed by atoms with van der Waals surface area (Å²) >= 11 is 0. The Labute approximate surface area is 144 Å². The van der Waals surface area contributed by atoms with Gasteiger partial charge in [-0.25, -0.2) is 0 Å². The van der Waals surface area contributed by atoms with Gasteiger partial charge in [0.1, 0.15) is 5.75 Å². The molecule has 1 aliphatic heterocycles. The summed E-state index contributed by atoms with van der Waals surface area (Å²) in [5.74, 6) is 0.778. The second-order valence-corrected chi connectivity index (χ2v) is 7.76. The Balaban J connectivity index is 2.14. The van der Waals surface area contributed by atoms with Crippen molar-refractivity contribution in [2.24, 2.45) is 0 Å². The Morgan fingerprint density at radius 1 is 1.46 bits per heavy atom. The van der Waals surface area contributed by atoms with Gasteiger partial charge < -0.3 is 9.47 Å². The van der Waals surface area contributed by atoms with Crippen LogP contribution in [0.25, 0.3) is 0 Å². The largest absolute Gasteiger partial charge is 0.464 e. The van der Waals surface area contributed by atoms with E-state index < -0.39 is 10.3 Å². The van der Waals surface area contributed by atoms with Crippen molar-refractivity contribution in [3.63, 3.8) is 0 Å². The van der Waals surface area contributed by atoms with Crippen molar-refractivity contribution >= 4 is 10.3 Å². The van der Waals surface area contributed by atoms with Crippen LogP contribution in [0.4, 0.5) is 0 Å². The minimum atomic E-state index is -4.16. The third kappa shape index (κ3) is 3.97. The highest BCUT2D eigenvalue weighted by Crippen LogP contribution is 2.43. The van der Waals surface area contributed by atoms with E-state index in [0.29, 0.717) is 13.0 Å². The first-order valence-corrected chi connectivity index (χ1v) is 9.35. The summed E-state index contributed by atoms with van der Waals surface area (Å²) in [7, 11) is -4.16. The quantitative estimate of drug-likeness (QED) is 0.573. The van der Waals surface area contributed by atoms with Crippen LogP contribution in [-0.4, -0.2) is 43.3 Å². The van der Waals surface area contributed by atoms with Gasteiger partial charge >= 0.3 is 10.3 Å². The maximum Gasteiger partial charge on any atom is 0.335 e. The summed E-state index contributed by atoms with van der Waals surface area (Å²) in [4.78, 5) is 0. The molecule has 0 amide bonds. The number of hydrogen-bond donors (Lipinski definition) is 1. The van der Waals surface area contributed by atoms with E-state index >= 15 is 0 Å². The Morgan fingerprint density at radius 2 is 2.17 bits per heavy atom. The molecule has 1 N–H and O–H groups in total. The minimum absolute atomic E-state index is 0.228. The first-order chi connectivity index (χ1) is 11.2. The lowest BCUT2D eigenvalue weighted by molar-refractivity contribution is -0.0925. The van der Waals surface area contributed by atoms with Crippen LogP contribution in [0.1, 0.15) is 31.9 Å². The molecule has 0 aliphatic carbocycles. The maximum atomic E-state index is 11.3. The Bertz CT molecular complexity index is 699. The van der Waals surface area contributed by atoms with E-state index in [1.165, 1.54) is 0 Å². The fourth-order valence-corrected chi connectivity index (χ4v) is 3.47. The number of likely N-dealkylation sites (N-methyl/N-ethyl adjacent to an activating group) is 1. The number of ether oxygens (including phenoxy) is 2. The molecule has 1 aromatic carbocycles. The summed E-state index contributed by atoms with van der Waals surface area (Å²) in [5, 5.41) is 0. The molecule has 0 saturated carbocycles. The van der Waals surface area contributed by atoms with Gasteiger partial charge in [-0.1, -0.05) is 25.1 Å². The molecule has 0 aromatic heterocycles. The molecule has 7 heteroatoms. The van der Waals surface area contributed by atoms with Gasteiger partial charge in [0.25, 0.3) is 0 Å². The molecule has 1 atom stereocenters. The Morgan fingerprint density at radius 3 is 2.75 bits per heavy atom. The van der Waals surface area contributed by atoms with E-state index in [0.717, 1.165) is 21.2 Å². The molecule has 1 aliphatic rings. The zero-order chi connectivity index (χ0) is 18.0. The Hall–Kier alpha value is -1.41. The summed E-state index contributed by atoms with van der Waals surface area (Å²) in [6.45, 7) is 10.3. The lowest BCUT2D eigenvalue weighted by Gasteiger charge is -2.25. The molecule has 1 heterocycles. The number of rotatable bonds is 8. The average molecular weight is 355 g/mol. The van der Waals surface area contributed by atoms with E-state index in [-0.39, 0.29) is 24.8 Å². The van der Waals surface area contributed by atoms with Crippen LogP contribution in [0.2, 0.25) is 0 Å². The van der Waals surface area contributed by atoms with Crippen LogP contribution in [0.3, 0.4) is 0 Å². The topological polar surface area (TPSA) is 76.1 Å². The molecule has 0 bridgehead atoms. The van der Waals surface area contributed by atoms with Crippen LogP contribution in [0, 0.1) is 0 Å². The smallest absolute Gasteiger partial charge is 0.335 e. The van der Waals surface area contributed by atoms with E-state index in [4.69, 9.17) is 14.0 Å². The zero-order valence-corrected chi connectivity index (χ0v) is 15.2. The molecule has 0 spiro atoms. The van der Waals surface area contributed by atoms with Gasteiger partial charge in [-0.05, 0) is 31.9 Å². The molecule has 1 aromatic rings. The van der Waals surface area contributed by atoms with Gasteiger partial charge in [0, 0.05) is 18.7 Å². The van der Waals surface area contributed by atoms with Crippen LogP contribution >= 0.6 is 0 Å². The fraction of sp³-hybridized carbons (Fsp3) is 0.529. The van der Waals surface area contributed by atoms with Gasteiger partial charge in [-0.2, -0.15) is 12.7 Å². The molecule has 2 rings (SSSR count). The van der Waals surface area contributed by atoms with Gasteiger partial charge in [-0.3, -0.25) is 4.55 Å². The number of fused-ring (bicyclic) bond motifs is 1. The highest BCUT2D eigenvalue weighted by atomic mass is 32.2. The first-order valence-electron chi connectivity index (χ1n) is 7.95. The third-order valence-electron chi connectivity index (χ3n) is 4.26. The molecule has 1 unspecified atom stereocenters. The zero-order valence-electron chi connectivity index (χ0n) is 14.4. The van der Waals surface area contributed by atoms with E-state index in [1.54, 1.807) is 13.0 Å². The monoisotopic (exact) mass is 355 g/mol. The number of hydrogen-bond acceptors (Lipinski definition) is 4. The number of benzene rings is 1. The standard InChI is InChI=1S/C17H25NO5S/c1-5-11-22-16-17(3,4)14-12-13(7-8-15(14)23-16)9-10-18(6-2)24(19,20)21/h5,7-8,12,16H,1,6,9-11H2,2-4H3,(H,19,20,21). The average Bonchev–Trinajstić information content (AvgIpc) is 2.75. The highest BCUT2D eigenvalue weighted by molar-refractivity contribution is 7.83. The van der Waals surface area contributed by atoms with E-state index in [2.05, 4.69) is 6.58 Å². The molecule has 6 nitrogen and oxygen atoms in total. The van der Waals surface area contributed by atoms with Gasteiger partial charge in [0.2, 0.25) is 6.29 Å². The molecule has 0 fully saturated rings. The second kappa shape index (κ2) is 7.23. The van der Waals surface area contributed by atoms with E-state index in [1.807, 2.05) is 32.0 Å². The Kier molecular flexibility index (Phi) is 5.70. The van der Waals surface area contributed by atoms with Crippen LogP contribution in [-0.2, 0) is 26.9 Å². The predicted molar refractivity (Wildman–Crippen MR) is 92.5 cm³/mol. The summed E-state index contributed by atoms with van der Waals surface area (Å²) < 4.78 is 44.3. The first kappa shape index (κ1) is 18.9. The van der Waals surface area contributed by atoms with Crippen molar-refractivity contribution in [3.05, 3.63) is 42.0 Å². The lowest BCUT2D eigenvalue weighted by atomic mass is 9.84. The van der Waals surface area contributed by atoms with Crippen LogP contribution < -0.4 is 4.74 Å². The van der Waals surface area contributed by atoms with Crippen molar-refractivity contribution in [1.29, 1.82) is 0 Å². The normalized spacial score (nSPS) is 19.1. The van der Waals surface area contributed by atoms with Crippen molar-refractivity contribution in [2.45, 2.75) is 38.9 Å². The minimum Gasteiger partial charge on any atom is -0.464 e. The SMILES string of the molecule is C=CCOC1Oc2ccc(CCN(CC)S(=O)(=O)O)cc2C1(C)C. The van der Waals surface area contributed by atoms with Crippen molar-refractivity contribution in [2.75, 3.05) is 19.7 Å². The van der Waals surface area contributed by atoms with Gasteiger partial charge in [0.15, 0.2) is 0 Å². The molecule has 134 valence electrons. The lowest BCUT2D eigenvalue weighted by Crippen LogP contribution is -2.34. The second-order valence-electron chi connectivity index (χ2n) is 6.34. The fourth-order valence-electron chi connectivity index (χ4n) is 2.82. The predicted octanol–water partition coefficient (Wildman–Crippen LogP) is 2.55. The van der Waals surface area contributed by atoms with E-state index in [9.17, 15) is 8.42 Å². The molecular weight excluding hydrogens is 330 g/mol. The summed E-state index contributed by atoms with van der Waals surface area (Å²) in [5.41, 5.74) is 1.70. The maximum absolute atomic E-state index is 11.3. The van der Waals surface area contributed by atoms with Crippen molar-refractivity contribution in [3.8, 4) is 5.75 Å². The molecular formula is C17H25NO5S. The van der Waals surface area contributed by atoms with Crippen LogP contribution in [0.5, 0.6) is 5.75 Å². The summed E-state index contributed by atoms with van der Waals surface area (Å²) in [6.07, 6.45) is 1.81. The van der Waals surface area contributed by atoms with Crippen LogP contribution in [0.15, 0.2) is 30.9 Å². The third-order valence-corrected chi connectivity index (χ3v) is 5.35. The summed E-state index contributed by atoms with van der Waals surface area (Å²) in [6, 6.07) is 5.81. The van der Waals surface area contributed by atoms with Crippen molar-refractivity contribution < 1.29 is 22.4 Å². The number of nitrogens with zero attached hydrogens (tertiary/aromatic N) is 1. The molecule has 0 radical (unpaired) electrons. The highest BCUT2D eigenvalue weighted by Gasteiger charge is 2.42. The van der Waals surface area contributed by atoms with Gasteiger partial charge in [-0.15, -0.1) is 6.58 Å². The van der Waals surface area contributed by atoms with Crippen molar-refractivity contribution in [1.82, 2.24) is 4.31 Å².